The number of imide groups is 1. The van der Waals surface area contributed by atoms with Crippen LogP contribution in [0.5, 0.6) is 0 Å². The van der Waals surface area contributed by atoms with E-state index in [0.717, 1.165) is 38.8 Å². The molecule has 0 aromatic rings. The molecule has 0 bridgehead atoms. The zero-order valence-corrected chi connectivity index (χ0v) is 23.7. The molecular formula is C29H54N4O3. The first-order chi connectivity index (χ1) is 17.4. The second-order valence-electron chi connectivity index (χ2n) is 10.4. The summed E-state index contributed by atoms with van der Waals surface area (Å²) in [6.07, 6.45) is 18.8. The molecule has 1 aliphatic rings. The monoisotopic (exact) mass is 506 g/mol. The van der Waals surface area contributed by atoms with Crippen molar-refractivity contribution < 1.29 is 14.4 Å². The second kappa shape index (κ2) is 20.3. The van der Waals surface area contributed by atoms with E-state index in [0.29, 0.717) is 25.6 Å². The first-order valence-corrected chi connectivity index (χ1v) is 14.6. The van der Waals surface area contributed by atoms with E-state index in [-0.39, 0.29) is 17.7 Å². The van der Waals surface area contributed by atoms with Gasteiger partial charge in [-0.3, -0.25) is 19.3 Å². The Hall–Kier alpha value is -1.73. The fraction of sp³-hybridized carbons (Fsp3) is 0.828. The minimum atomic E-state index is -0.214. The van der Waals surface area contributed by atoms with Crippen molar-refractivity contribution in [3.05, 3.63) is 12.2 Å². The van der Waals surface area contributed by atoms with Gasteiger partial charge < -0.3 is 15.1 Å². The first-order valence-electron chi connectivity index (χ1n) is 14.6. The Bertz CT molecular complexity index is 634. The first kappa shape index (κ1) is 32.3. The topological polar surface area (TPSA) is 73.0 Å². The van der Waals surface area contributed by atoms with Crippen molar-refractivity contribution in [1.82, 2.24) is 20.0 Å². The number of rotatable bonds is 23. The van der Waals surface area contributed by atoms with Gasteiger partial charge in [0.05, 0.1) is 0 Å². The van der Waals surface area contributed by atoms with Gasteiger partial charge in [0.25, 0.3) is 11.8 Å². The van der Waals surface area contributed by atoms with Crippen LogP contribution in [0.15, 0.2) is 12.2 Å². The molecule has 1 atom stereocenters. The maximum absolute atomic E-state index is 12.6. The molecular weight excluding hydrogens is 452 g/mol. The summed E-state index contributed by atoms with van der Waals surface area (Å²) in [6.45, 7) is 8.42. The quantitative estimate of drug-likeness (QED) is 0.160. The minimum Gasteiger partial charge on any atom is -0.344 e. The van der Waals surface area contributed by atoms with Crippen molar-refractivity contribution in [2.75, 3.05) is 46.8 Å². The molecule has 0 aromatic carbocycles. The molecule has 0 fully saturated rings. The maximum Gasteiger partial charge on any atom is 0.253 e. The molecule has 0 saturated heterocycles. The lowest BCUT2D eigenvalue weighted by molar-refractivity contribution is -0.137. The minimum absolute atomic E-state index is 0.214. The molecule has 1 heterocycles. The summed E-state index contributed by atoms with van der Waals surface area (Å²) < 4.78 is 0. The average molecular weight is 507 g/mol. The van der Waals surface area contributed by atoms with Crippen LogP contribution in [0, 0.1) is 0 Å². The third-order valence-corrected chi connectivity index (χ3v) is 7.22. The highest BCUT2D eigenvalue weighted by atomic mass is 16.2. The van der Waals surface area contributed by atoms with E-state index in [1.165, 1.54) is 81.4 Å². The van der Waals surface area contributed by atoms with Crippen molar-refractivity contribution in [3.8, 4) is 0 Å². The van der Waals surface area contributed by atoms with E-state index in [1.807, 2.05) is 11.9 Å². The molecule has 0 saturated carbocycles. The van der Waals surface area contributed by atoms with Crippen molar-refractivity contribution in [2.45, 2.75) is 110 Å². The van der Waals surface area contributed by atoms with Crippen molar-refractivity contribution >= 4 is 17.7 Å². The number of hydrogen-bond donors (Lipinski definition) is 1. The Balaban J connectivity index is 2.10. The van der Waals surface area contributed by atoms with Gasteiger partial charge in [0.1, 0.15) is 0 Å². The molecule has 1 rings (SSSR count). The Morgan fingerprint density at radius 3 is 2.14 bits per heavy atom. The fourth-order valence-corrected chi connectivity index (χ4v) is 4.77. The van der Waals surface area contributed by atoms with Crippen LogP contribution in [0.4, 0.5) is 0 Å². The largest absolute Gasteiger partial charge is 0.344 e. The summed E-state index contributed by atoms with van der Waals surface area (Å²) in [4.78, 5) is 41.2. The molecule has 0 spiro atoms. The lowest BCUT2D eigenvalue weighted by Crippen LogP contribution is -2.35. The molecule has 1 N–H and O–H groups in total. The van der Waals surface area contributed by atoms with E-state index in [2.05, 4.69) is 31.1 Å². The van der Waals surface area contributed by atoms with Gasteiger partial charge >= 0.3 is 0 Å². The van der Waals surface area contributed by atoms with Crippen molar-refractivity contribution in [1.29, 1.82) is 0 Å². The van der Waals surface area contributed by atoms with Gasteiger partial charge in [0, 0.05) is 51.3 Å². The van der Waals surface area contributed by atoms with Crippen LogP contribution in [-0.4, -0.2) is 85.3 Å². The molecule has 0 radical (unpaired) electrons. The standard InChI is InChI=1S/C29H54N4O3/c1-5-7-8-9-10-11-13-23-31(3)26(16-6-2)17-15-18-27(34)32(4)25-22-30-21-12-14-24-33-28(35)19-20-29(33)36/h19-20,26,30H,5-18,21-25H2,1-4H3. The summed E-state index contributed by atoms with van der Waals surface area (Å²) in [7, 11) is 4.15. The van der Waals surface area contributed by atoms with Crippen LogP contribution in [-0.2, 0) is 14.4 Å². The highest BCUT2D eigenvalue weighted by Gasteiger charge is 2.22. The summed E-state index contributed by atoms with van der Waals surface area (Å²) in [6, 6.07) is 0.580. The molecule has 36 heavy (non-hydrogen) atoms. The molecule has 7 nitrogen and oxygen atoms in total. The SMILES string of the molecule is CCCCCCCCCN(C)C(CCC)CCCC(=O)N(C)CCNCCCCN1C(=O)C=CC1=O. The molecule has 3 amide bonds. The van der Waals surface area contributed by atoms with Gasteiger partial charge in [-0.2, -0.15) is 0 Å². The van der Waals surface area contributed by atoms with E-state index < -0.39 is 0 Å². The normalized spacial score (nSPS) is 14.3. The van der Waals surface area contributed by atoms with Crippen LogP contribution < -0.4 is 5.32 Å². The lowest BCUT2D eigenvalue weighted by Gasteiger charge is -2.28. The van der Waals surface area contributed by atoms with Crippen LogP contribution in [0.3, 0.4) is 0 Å². The number of amides is 3. The van der Waals surface area contributed by atoms with Crippen LogP contribution in [0.25, 0.3) is 0 Å². The molecule has 0 aromatic heterocycles. The third-order valence-electron chi connectivity index (χ3n) is 7.22. The summed E-state index contributed by atoms with van der Waals surface area (Å²) in [5, 5.41) is 3.36. The molecule has 7 heteroatoms. The van der Waals surface area contributed by atoms with Crippen LogP contribution >= 0.6 is 0 Å². The Kier molecular flexibility index (Phi) is 18.3. The van der Waals surface area contributed by atoms with Gasteiger partial charge in [-0.1, -0.05) is 58.8 Å². The average Bonchev–Trinajstić information content (AvgIpc) is 3.18. The van der Waals surface area contributed by atoms with Gasteiger partial charge in [0.15, 0.2) is 0 Å². The predicted octanol–water partition coefficient (Wildman–Crippen LogP) is 4.76. The number of carbonyl (C=O) groups excluding carboxylic acids is 3. The van der Waals surface area contributed by atoms with Gasteiger partial charge in [-0.05, 0) is 58.7 Å². The molecule has 1 aliphatic heterocycles. The molecule has 0 aliphatic carbocycles. The molecule has 1 unspecified atom stereocenters. The zero-order chi connectivity index (χ0) is 26.6. The van der Waals surface area contributed by atoms with Crippen LogP contribution in [0.1, 0.15) is 104 Å². The number of hydrogen-bond acceptors (Lipinski definition) is 5. The lowest BCUT2D eigenvalue weighted by atomic mass is 10.0. The fourth-order valence-electron chi connectivity index (χ4n) is 4.77. The van der Waals surface area contributed by atoms with E-state index in [4.69, 9.17) is 0 Å². The predicted molar refractivity (Wildman–Crippen MR) is 149 cm³/mol. The van der Waals surface area contributed by atoms with Crippen molar-refractivity contribution in [3.63, 3.8) is 0 Å². The van der Waals surface area contributed by atoms with Crippen molar-refractivity contribution in [2.24, 2.45) is 0 Å². The number of nitrogens with zero attached hydrogens (tertiary/aromatic N) is 3. The smallest absolute Gasteiger partial charge is 0.253 e. The third kappa shape index (κ3) is 14.1. The Labute approximate surface area is 221 Å². The second-order valence-corrected chi connectivity index (χ2v) is 10.4. The Morgan fingerprint density at radius 1 is 0.806 bits per heavy atom. The van der Waals surface area contributed by atoms with E-state index in [1.54, 1.807) is 0 Å². The summed E-state index contributed by atoms with van der Waals surface area (Å²) >= 11 is 0. The number of likely N-dealkylation sites (N-methyl/N-ethyl adjacent to an activating group) is 1. The summed E-state index contributed by atoms with van der Waals surface area (Å²) in [5.74, 6) is -0.205. The molecule has 208 valence electrons. The van der Waals surface area contributed by atoms with E-state index in [9.17, 15) is 14.4 Å². The number of carbonyl (C=O) groups is 3. The summed E-state index contributed by atoms with van der Waals surface area (Å²) in [5.41, 5.74) is 0. The Morgan fingerprint density at radius 2 is 1.47 bits per heavy atom. The van der Waals surface area contributed by atoms with Gasteiger partial charge in [-0.15, -0.1) is 0 Å². The van der Waals surface area contributed by atoms with Crippen LogP contribution in [0.2, 0.25) is 0 Å². The van der Waals surface area contributed by atoms with E-state index >= 15 is 0 Å². The number of unbranched alkanes of at least 4 members (excludes halogenated alkanes) is 7. The van der Waals surface area contributed by atoms with Gasteiger partial charge in [0.2, 0.25) is 5.91 Å². The highest BCUT2D eigenvalue weighted by Crippen LogP contribution is 2.15. The number of nitrogens with one attached hydrogen (secondary N) is 1. The highest BCUT2D eigenvalue weighted by molar-refractivity contribution is 6.12. The van der Waals surface area contributed by atoms with Gasteiger partial charge in [-0.25, -0.2) is 0 Å². The maximum atomic E-state index is 12.6. The zero-order valence-electron chi connectivity index (χ0n) is 23.7.